The highest BCUT2D eigenvalue weighted by Gasteiger charge is 2.34. The summed E-state index contributed by atoms with van der Waals surface area (Å²) in [6.07, 6.45) is 1.47. The number of cyclic esters (lactones) is 1. The van der Waals surface area contributed by atoms with E-state index < -0.39 is 5.92 Å². The first-order chi connectivity index (χ1) is 14.1. The van der Waals surface area contributed by atoms with Crippen molar-refractivity contribution in [3.05, 3.63) is 56.9 Å². The van der Waals surface area contributed by atoms with E-state index in [9.17, 15) is 9.59 Å². The fraction of sp³-hybridized carbons (Fsp3) is 0.348. The molecule has 6 nitrogen and oxygen atoms in total. The van der Waals surface area contributed by atoms with Crippen molar-refractivity contribution in [2.45, 2.75) is 45.8 Å². The lowest BCUT2D eigenvalue weighted by Gasteiger charge is -2.24. The zero-order valence-corrected chi connectivity index (χ0v) is 16.7. The SMILES string of the molecule is CCc1ccc2nc3c(cc2c1OC)Cn1c-3cc2c(c1=O)COC(=O)C2CC. The van der Waals surface area contributed by atoms with E-state index in [1.54, 1.807) is 11.7 Å². The average molecular weight is 390 g/mol. The topological polar surface area (TPSA) is 70.4 Å². The molecule has 5 rings (SSSR count). The molecule has 0 bridgehead atoms. The van der Waals surface area contributed by atoms with Crippen LogP contribution in [0, 0.1) is 0 Å². The van der Waals surface area contributed by atoms with E-state index in [0.717, 1.165) is 51.2 Å². The highest BCUT2D eigenvalue weighted by atomic mass is 16.5. The third kappa shape index (κ3) is 2.44. The van der Waals surface area contributed by atoms with Crippen LogP contribution in [-0.4, -0.2) is 22.6 Å². The first kappa shape index (κ1) is 17.9. The molecule has 3 aromatic rings. The van der Waals surface area contributed by atoms with Crippen LogP contribution in [-0.2, 0) is 29.1 Å². The molecule has 0 amide bonds. The van der Waals surface area contributed by atoms with Gasteiger partial charge >= 0.3 is 5.97 Å². The van der Waals surface area contributed by atoms with Crippen LogP contribution in [0.25, 0.3) is 22.3 Å². The number of pyridine rings is 2. The Balaban J connectivity index is 1.75. The van der Waals surface area contributed by atoms with Gasteiger partial charge in [0.1, 0.15) is 12.4 Å². The maximum atomic E-state index is 13.2. The Morgan fingerprint density at radius 1 is 1.24 bits per heavy atom. The lowest BCUT2D eigenvalue weighted by Crippen LogP contribution is -2.32. The number of nitrogens with zero attached hydrogens (tertiary/aromatic N) is 2. The van der Waals surface area contributed by atoms with Crippen molar-refractivity contribution in [2.75, 3.05) is 7.11 Å². The molecule has 0 spiro atoms. The maximum absolute atomic E-state index is 13.2. The average Bonchev–Trinajstić information content (AvgIpc) is 3.09. The highest BCUT2D eigenvalue weighted by Crippen LogP contribution is 2.38. The lowest BCUT2D eigenvalue weighted by molar-refractivity contribution is -0.148. The summed E-state index contributed by atoms with van der Waals surface area (Å²) in [5.41, 5.74) is 5.82. The molecule has 148 valence electrons. The number of aromatic nitrogens is 2. The molecule has 0 saturated carbocycles. The molecular formula is C23H22N2O4. The van der Waals surface area contributed by atoms with Crippen LogP contribution in [0.15, 0.2) is 29.1 Å². The zero-order chi connectivity index (χ0) is 20.3. The quantitative estimate of drug-likeness (QED) is 0.501. The number of esters is 1. The largest absolute Gasteiger partial charge is 0.496 e. The fourth-order valence-corrected chi connectivity index (χ4v) is 4.61. The van der Waals surface area contributed by atoms with Gasteiger partial charge in [-0.25, -0.2) is 4.98 Å². The molecule has 0 N–H and O–H groups in total. The van der Waals surface area contributed by atoms with E-state index in [1.165, 1.54) is 0 Å². The Kier molecular flexibility index (Phi) is 3.98. The van der Waals surface area contributed by atoms with Gasteiger partial charge in [0.15, 0.2) is 0 Å². The summed E-state index contributed by atoms with van der Waals surface area (Å²) in [6.45, 7) is 4.54. The van der Waals surface area contributed by atoms with Gasteiger partial charge in [0.05, 0.1) is 42.0 Å². The molecule has 0 radical (unpaired) electrons. The van der Waals surface area contributed by atoms with Crippen molar-refractivity contribution < 1.29 is 14.3 Å². The number of fused-ring (bicyclic) bond motifs is 5. The minimum atomic E-state index is -0.394. The molecular weight excluding hydrogens is 368 g/mol. The number of carbonyl (C=O) groups excluding carboxylic acids is 1. The minimum absolute atomic E-state index is 0.0449. The minimum Gasteiger partial charge on any atom is -0.496 e. The Bertz CT molecular complexity index is 1240. The Morgan fingerprint density at radius 2 is 2.07 bits per heavy atom. The van der Waals surface area contributed by atoms with E-state index in [2.05, 4.69) is 13.0 Å². The van der Waals surface area contributed by atoms with Crippen molar-refractivity contribution in [1.29, 1.82) is 0 Å². The molecule has 2 aliphatic rings. The lowest BCUT2D eigenvalue weighted by atomic mass is 9.90. The number of hydrogen-bond acceptors (Lipinski definition) is 5. The van der Waals surface area contributed by atoms with Crippen molar-refractivity contribution in [3.63, 3.8) is 0 Å². The van der Waals surface area contributed by atoms with Crippen LogP contribution in [0.3, 0.4) is 0 Å². The molecule has 1 aromatic carbocycles. The maximum Gasteiger partial charge on any atom is 0.313 e. The van der Waals surface area contributed by atoms with Gasteiger partial charge in [-0.2, -0.15) is 0 Å². The monoisotopic (exact) mass is 390 g/mol. The van der Waals surface area contributed by atoms with Crippen LogP contribution in [0.5, 0.6) is 5.75 Å². The molecule has 4 heterocycles. The van der Waals surface area contributed by atoms with E-state index >= 15 is 0 Å². The first-order valence-corrected chi connectivity index (χ1v) is 10.00. The number of benzene rings is 1. The van der Waals surface area contributed by atoms with Crippen molar-refractivity contribution in [2.24, 2.45) is 0 Å². The normalized spacial score (nSPS) is 16.9. The van der Waals surface area contributed by atoms with Gasteiger partial charge in [-0.1, -0.05) is 19.9 Å². The Labute approximate surface area is 168 Å². The number of carbonyl (C=O) groups is 1. The van der Waals surface area contributed by atoms with Crippen LogP contribution in [0.1, 0.15) is 48.4 Å². The predicted molar refractivity (Wildman–Crippen MR) is 109 cm³/mol. The molecule has 0 fully saturated rings. The Hall–Kier alpha value is -3.15. The second-order valence-corrected chi connectivity index (χ2v) is 7.60. The van der Waals surface area contributed by atoms with Gasteiger partial charge in [-0.3, -0.25) is 9.59 Å². The molecule has 2 aliphatic heterocycles. The summed E-state index contributed by atoms with van der Waals surface area (Å²) in [6, 6.07) is 8.09. The standard InChI is InChI=1S/C23H22N2O4/c1-4-12-6-7-18-16(21(12)28-3)8-13-10-25-19(20(13)24-18)9-15-14(5-2)23(27)29-11-17(15)22(25)26/h6-9,14H,4-5,10-11H2,1-3H3. The summed E-state index contributed by atoms with van der Waals surface area (Å²) in [5, 5.41) is 0.959. The van der Waals surface area contributed by atoms with Gasteiger partial charge in [0, 0.05) is 10.9 Å². The number of aryl methyl sites for hydroxylation is 1. The summed E-state index contributed by atoms with van der Waals surface area (Å²) in [5.74, 6) is 0.188. The van der Waals surface area contributed by atoms with Crippen molar-refractivity contribution >= 4 is 16.9 Å². The third-order valence-electron chi connectivity index (χ3n) is 6.13. The van der Waals surface area contributed by atoms with Gasteiger partial charge in [0.2, 0.25) is 0 Å². The van der Waals surface area contributed by atoms with Gasteiger partial charge in [-0.15, -0.1) is 0 Å². The molecule has 1 unspecified atom stereocenters. The number of methoxy groups -OCH3 is 1. The molecule has 1 atom stereocenters. The van der Waals surface area contributed by atoms with E-state index in [1.807, 2.05) is 25.1 Å². The summed E-state index contributed by atoms with van der Waals surface area (Å²) in [4.78, 5) is 30.3. The number of hydrogen-bond donors (Lipinski definition) is 0. The van der Waals surface area contributed by atoms with Crippen molar-refractivity contribution in [3.8, 4) is 17.1 Å². The van der Waals surface area contributed by atoms with Crippen LogP contribution in [0.4, 0.5) is 0 Å². The fourth-order valence-electron chi connectivity index (χ4n) is 4.61. The van der Waals surface area contributed by atoms with E-state index in [4.69, 9.17) is 14.5 Å². The molecule has 29 heavy (non-hydrogen) atoms. The molecule has 2 aromatic heterocycles. The molecule has 0 saturated heterocycles. The first-order valence-electron chi connectivity index (χ1n) is 10.00. The van der Waals surface area contributed by atoms with Gasteiger partial charge < -0.3 is 14.0 Å². The van der Waals surface area contributed by atoms with E-state index in [-0.39, 0.29) is 18.1 Å². The summed E-state index contributed by atoms with van der Waals surface area (Å²) >= 11 is 0. The van der Waals surface area contributed by atoms with Crippen LogP contribution < -0.4 is 10.3 Å². The molecule has 6 heteroatoms. The predicted octanol–water partition coefficient (Wildman–Crippen LogP) is 3.55. The van der Waals surface area contributed by atoms with Crippen LogP contribution >= 0.6 is 0 Å². The third-order valence-corrected chi connectivity index (χ3v) is 6.13. The number of rotatable bonds is 3. The summed E-state index contributed by atoms with van der Waals surface area (Å²) < 4.78 is 12.7. The van der Waals surface area contributed by atoms with Crippen LogP contribution in [0.2, 0.25) is 0 Å². The smallest absolute Gasteiger partial charge is 0.313 e. The molecule has 0 aliphatic carbocycles. The van der Waals surface area contributed by atoms with Gasteiger partial charge in [0.25, 0.3) is 5.56 Å². The second kappa shape index (κ2) is 6.44. The van der Waals surface area contributed by atoms with Gasteiger partial charge in [-0.05, 0) is 42.2 Å². The summed E-state index contributed by atoms with van der Waals surface area (Å²) in [7, 11) is 1.68. The highest BCUT2D eigenvalue weighted by molar-refractivity contribution is 5.90. The number of ether oxygens (including phenoxy) is 2. The van der Waals surface area contributed by atoms with Crippen molar-refractivity contribution in [1.82, 2.24) is 9.55 Å². The zero-order valence-electron chi connectivity index (χ0n) is 16.7. The second-order valence-electron chi connectivity index (χ2n) is 7.60. The van der Waals surface area contributed by atoms with E-state index in [0.29, 0.717) is 18.5 Å². The Morgan fingerprint density at radius 3 is 2.79 bits per heavy atom.